The normalized spacial score (nSPS) is 12.6. The quantitative estimate of drug-likeness (QED) is 0.601. The maximum Gasteiger partial charge on any atom is 0.307 e. The van der Waals surface area contributed by atoms with Crippen molar-refractivity contribution in [2.24, 2.45) is 16.7 Å². The van der Waals surface area contributed by atoms with E-state index in [9.17, 15) is 14.4 Å². The summed E-state index contributed by atoms with van der Waals surface area (Å²) in [4.78, 5) is 31.2. The number of hydrogen-bond donors (Lipinski definition) is 3. The monoisotopic (exact) mass is 344 g/mol. The van der Waals surface area contributed by atoms with Gasteiger partial charge >= 0.3 is 17.9 Å². The predicted octanol–water partition coefficient (Wildman–Crippen LogP) is 4.05. The molecule has 0 aromatic carbocycles. The fourth-order valence-corrected chi connectivity index (χ4v) is 1.83. The van der Waals surface area contributed by atoms with Gasteiger partial charge in [-0.1, -0.05) is 53.7 Å². The van der Waals surface area contributed by atoms with Crippen molar-refractivity contribution in [1.82, 2.24) is 0 Å². The van der Waals surface area contributed by atoms with Crippen LogP contribution < -0.4 is 0 Å². The summed E-state index contributed by atoms with van der Waals surface area (Å²) in [6, 6.07) is 0. The van der Waals surface area contributed by atoms with Crippen LogP contribution >= 0.6 is 0 Å². The van der Waals surface area contributed by atoms with E-state index in [2.05, 4.69) is 6.58 Å². The number of allylic oxidation sites excluding steroid dienone is 1. The molecule has 24 heavy (non-hydrogen) atoms. The van der Waals surface area contributed by atoms with Gasteiger partial charge in [-0.15, -0.1) is 0 Å². The molecular weight excluding hydrogens is 312 g/mol. The van der Waals surface area contributed by atoms with Gasteiger partial charge in [0.2, 0.25) is 0 Å². The molecule has 0 spiro atoms. The van der Waals surface area contributed by atoms with Crippen molar-refractivity contribution in [2.75, 3.05) is 0 Å². The molecule has 0 aromatic rings. The third kappa shape index (κ3) is 12.7. The third-order valence-corrected chi connectivity index (χ3v) is 3.69. The number of carboxylic acids is 3. The van der Waals surface area contributed by atoms with Gasteiger partial charge in [0.25, 0.3) is 0 Å². The Morgan fingerprint density at radius 2 is 1.25 bits per heavy atom. The summed E-state index contributed by atoms with van der Waals surface area (Å²) in [6.45, 7) is 15.3. The number of rotatable bonds is 7. The molecule has 0 radical (unpaired) electrons. The van der Waals surface area contributed by atoms with Crippen LogP contribution in [0.2, 0.25) is 0 Å². The summed E-state index contributed by atoms with van der Waals surface area (Å²) in [5.41, 5.74) is 0.649. The van der Waals surface area contributed by atoms with Crippen LogP contribution in [0.1, 0.15) is 67.2 Å². The molecule has 0 fully saturated rings. The number of carboxylic acid groups (broad SMARTS) is 3. The van der Waals surface area contributed by atoms with Crippen LogP contribution in [0, 0.1) is 16.7 Å². The average molecular weight is 344 g/mol. The van der Waals surface area contributed by atoms with E-state index >= 15 is 0 Å². The van der Waals surface area contributed by atoms with Crippen molar-refractivity contribution >= 4 is 17.9 Å². The van der Waals surface area contributed by atoms with Crippen molar-refractivity contribution in [3.8, 4) is 0 Å². The van der Waals surface area contributed by atoms with E-state index in [1.807, 2.05) is 20.8 Å². The zero-order chi connectivity index (χ0) is 19.7. The maximum absolute atomic E-state index is 10.8. The molecule has 1 unspecified atom stereocenters. The largest absolute Gasteiger partial charge is 0.481 e. The highest BCUT2D eigenvalue weighted by molar-refractivity contribution is 5.72. The van der Waals surface area contributed by atoms with Crippen molar-refractivity contribution in [3.63, 3.8) is 0 Å². The number of carbonyl (C=O) groups is 3. The minimum atomic E-state index is -0.949. The zero-order valence-electron chi connectivity index (χ0n) is 15.7. The number of hydrogen-bond acceptors (Lipinski definition) is 3. The van der Waals surface area contributed by atoms with Crippen LogP contribution in [0.5, 0.6) is 0 Å². The van der Waals surface area contributed by atoms with E-state index in [0.29, 0.717) is 6.42 Å². The molecule has 0 aliphatic heterocycles. The molecule has 0 heterocycles. The van der Waals surface area contributed by atoms with Crippen LogP contribution in [0.15, 0.2) is 12.2 Å². The third-order valence-electron chi connectivity index (χ3n) is 3.69. The van der Waals surface area contributed by atoms with Gasteiger partial charge in [0.05, 0.1) is 5.92 Å². The van der Waals surface area contributed by atoms with Gasteiger partial charge in [-0.3, -0.25) is 14.4 Å². The van der Waals surface area contributed by atoms with Gasteiger partial charge in [0, 0.05) is 12.8 Å². The van der Waals surface area contributed by atoms with Crippen LogP contribution in [0.4, 0.5) is 0 Å². The van der Waals surface area contributed by atoms with Crippen molar-refractivity contribution in [2.45, 2.75) is 67.2 Å². The van der Waals surface area contributed by atoms with E-state index in [4.69, 9.17) is 15.3 Å². The standard InChI is InChI=1S/C9H16O4.C9H16O2/c1-9(2,3)6(8(12)13)4-5-7(10)11;1-7(9(2,3)4)5-6-8(10)11/h6H,4-5H2,1-3H3,(H,10,11)(H,12,13);1,5-6H2,2-4H3,(H,10,11). The van der Waals surface area contributed by atoms with Crippen molar-refractivity contribution < 1.29 is 29.7 Å². The lowest BCUT2D eigenvalue weighted by atomic mass is 9.78. The van der Waals surface area contributed by atoms with E-state index < -0.39 is 23.8 Å². The Bertz CT molecular complexity index is 451. The van der Waals surface area contributed by atoms with E-state index in [-0.39, 0.29) is 30.1 Å². The topological polar surface area (TPSA) is 112 Å². The maximum atomic E-state index is 10.8. The highest BCUT2D eigenvalue weighted by Crippen LogP contribution is 2.29. The molecular formula is C18H32O6. The molecule has 6 heteroatoms. The number of aliphatic carboxylic acids is 3. The van der Waals surface area contributed by atoms with Gasteiger partial charge in [0.1, 0.15) is 0 Å². The van der Waals surface area contributed by atoms with Gasteiger partial charge in [-0.05, 0) is 23.7 Å². The van der Waals surface area contributed by atoms with Gasteiger partial charge in [-0.25, -0.2) is 0 Å². The molecule has 0 rings (SSSR count). The highest BCUT2D eigenvalue weighted by Gasteiger charge is 2.31. The van der Waals surface area contributed by atoms with Crippen LogP contribution in [0.25, 0.3) is 0 Å². The molecule has 0 bridgehead atoms. The molecule has 3 N–H and O–H groups in total. The lowest BCUT2D eigenvalue weighted by Crippen LogP contribution is -2.28. The molecule has 140 valence electrons. The summed E-state index contributed by atoms with van der Waals surface area (Å²) in [5.74, 6) is -3.22. The van der Waals surface area contributed by atoms with Gasteiger partial charge in [0.15, 0.2) is 0 Å². The Balaban J connectivity index is 0. The van der Waals surface area contributed by atoms with E-state index in [0.717, 1.165) is 5.57 Å². The minimum Gasteiger partial charge on any atom is -0.481 e. The fraction of sp³-hybridized carbons (Fsp3) is 0.722. The Kier molecular flexibility index (Phi) is 10.3. The summed E-state index contributed by atoms with van der Waals surface area (Å²) >= 11 is 0. The zero-order valence-corrected chi connectivity index (χ0v) is 15.7. The summed E-state index contributed by atoms with van der Waals surface area (Å²) in [7, 11) is 0. The molecule has 0 aromatic heterocycles. The molecule has 6 nitrogen and oxygen atoms in total. The molecule has 0 saturated heterocycles. The first-order chi connectivity index (χ1) is 10.6. The lowest BCUT2D eigenvalue weighted by Gasteiger charge is -2.26. The summed E-state index contributed by atoms with van der Waals surface area (Å²) < 4.78 is 0. The summed E-state index contributed by atoms with van der Waals surface area (Å²) in [5, 5.41) is 25.6. The molecule has 0 saturated carbocycles. The lowest BCUT2D eigenvalue weighted by molar-refractivity contribution is -0.146. The van der Waals surface area contributed by atoms with Gasteiger partial charge < -0.3 is 15.3 Å². The second-order valence-electron chi connectivity index (χ2n) is 7.94. The Hall–Kier alpha value is -1.85. The highest BCUT2D eigenvalue weighted by atomic mass is 16.4. The first-order valence-electron chi connectivity index (χ1n) is 7.93. The fourth-order valence-electron chi connectivity index (χ4n) is 1.83. The first-order valence-corrected chi connectivity index (χ1v) is 7.93. The molecule has 0 amide bonds. The molecule has 0 aliphatic carbocycles. The van der Waals surface area contributed by atoms with E-state index in [1.54, 1.807) is 20.8 Å². The first kappa shape index (κ1) is 24.4. The van der Waals surface area contributed by atoms with Crippen LogP contribution in [-0.4, -0.2) is 33.2 Å². The minimum absolute atomic E-state index is 0.0372. The van der Waals surface area contributed by atoms with Crippen LogP contribution in [0.3, 0.4) is 0 Å². The second kappa shape index (κ2) is 10.1. The Labute approximate surface area is 144 Å². The van der Waals surface area contributed by atoms with Gasteiger partial charge in [-0.2, -0.15) is 0 Å². The smallest absolute Gasteiger partial charge is 0.307 e. The van der Waals surface area contributed by atoms with E-state index in [1.165, 1.54) is 0 Å². The average Bonchev–Trinajstić information content (AvgIpc) is 2.32. The van der Waals surface area contributed by atoms with Crippen molar-refractivity contribution in [1.29, 1.82) is 0 Å². The van der Waals surface area contributed by atoms with Crippen LogP contribution in [-0.2, 0) is 14.4 Å². The Morgan fingerprint density at radius 1 is 0.833 bits per heavy atom. The SMILES string of the molecule is C=C(CCC(=O)O)C(C)(C)C.CC(C)(C)C(CCC(=O)O)C(=O)O. The second-order valence-corrected chi connectivity index (χ2v) is 7.94. The molecule has 1 atom stereocenters. The Morgan fingerprint density at radius 3 is 1.50 bits per heavy atom. The predicted molar refractivity (Wildman–Crippen MR) is 92.9 cm³/mol. The molecule has 0 aliphatic rings. The van der Waals surface area contributed by atoms with Crippen molar-refractivity contribution in [3.05, 3.63) is 12.2 Å². The summed E-state index contributed by atoms with van der Waals surface area (Å²) in [6.07, 6.45) is 0.872.